The SMILES string of the molecule is C=C(O/C=C\CCC)c1ncc(C(=O)Nc2cnc3n(c2=O)C(C(=O)NCc2cc4cnc(N)cc4s2)CC3)s1. The van der Waals surface area contributed by atoms with Gasteiger partial charge in [0.05, 0.1) is 25.2 Å². The normalized spacial score (nSPS) is 14.4. The van der Waals surface area contributed by atoms with Crippen LogP contribution < -0.4 is 21.9 Å². The predicted octanol–water partition coefficient (Wildman–Crippen LogP) is 4.25. The van der Waals surface area contributed by atoms with Crippen molar-refractivity contribution in [2.75, 3.05) is 11.1 Å². The number of thiazole rings is 1. The number of pyridine rings is 1. The molecule has 4 N–H and O–H groups in total. The van der Waals surface area contributed by atoms with Gasteiger partial charge >= 0.3 is 0 Å². The molecular formula is C27H27N7O4S2. The molecule has 0 saturated carbocycles. The number of nitrogens with one attached hydrogen (secondary N) is 2. The highest BCUT2D eigenvalue weighted by Crippen LogP contribution is 2.28. The fourth-order valence-corrected chi connectivity index (χ4v) is 5.98. The van der Waals surface area contributed by atoms with Gasteiger partial charge in [-0.2, -0.15) is 0 Å². The minimum Gasteiger partial charge on any atom is -0.463 e. The molecule has 13 heteroatoms. The highest BCUT2D eigenvalue weighted by molar-refractivity contribution is 7.19. The topological polar surface area (TPSA) is 154 Å². The van der Waals surface area contributed by atoms with Gasteiger partial charge in [-0.15, -0.1) is 22.7 Å². The fraction of sp³-hybridized carbons (Fsp3) is 0.259. The largest absolute Gasteiger partial charge is 0.463 e. The van der Waals surface area contributed by atoms with E-state index in [1.807, 2.05) is 12.1 Å². The summed E-state index contributed by atoms with van der Waals surface area (Å²) in [5, 5.41) is 6.93. The molecule has 1 aliphatic rings. The highest BCUT2D eigenvalue weighted by Gasteiger charge is 2.31. The van der Waals surface area contributed by atoms with Crippen LogP contribution >= 0.6 is 22.7 Å². The maximum atomic E-state index is 13.3. The van der Waals surface area contributed by atoms with Crippen molar-refractivity contribution in [2.24, 2.45) is 0 Å². The number of fused-ring (bicyclic) bond motifs is 2. The standard InChI is InChI=1S/C27H27N7O4S2/c1-3-4-5-8-38-15(2)26-32-14-21(40-26)25(36)33-18-13-30-23-7-6-19(34(23)27(18)37)24(35)31-12-17-9-16-11-29-22(28)10-20(16)39-17/h5,8-11,13-14,19H,2-4,6-7,12H2,1H3,(H2,28,29)(H,31,35)(H,33,36)/b8-5-. The Bertz CT molecular complexity index is 1690. The molecule has 0 saturated heterocycles. The van der Waals surface area contributed by atoms with Crippen LogP contribution in [0.2, 0.25) is 0 Å². The molecule has 11 nitrogen and oxygen atoms in total. The van der Waals surface area contributed by atoms with Gasteiger partial charge in [0, 0.05) is 27.6 Å². The van der Waals surface area contributed by atoms with Crippen LogP contribution in [0.5, 0.6) is 0 Å². The molecule has 0 spiro atoms. The third-order valence-electron chi connectivity index (χ3n) is 6.21. The Morgan fingerprint density at radius 2 is 2.08 bits per heavy atom. The van der Waals surface area contributed by atoms with E-state index in [-0.39, 0.29) is 16.5 Å². The number of carbonyl (C=O) groups excluding carboxylic acids is 2. The van der Waals surface area contributed by atoms with Gasteiger partial charge in [-0.3, -0.25) is 19.0 Å². The number of nitrogens with zero attached hydrogens (tertiary/aromatic N) is 4. The molecule has 0 bridgehead atoms. The van der Waals surface area contributed by atoms with Crippen molar-refractivity contribution in [1.29, 1.82) is 0 Å². The molecule has 1 atom stereocenters. The van der Waals surface area contributed by atoms with Crippen LogP contribution in [0.4, 0.5) is 11.5 Å². The number of carbonyl (C=O) groups is 2. The molecule has 1 aliphatic heterocycles. The zero-order chi connectivity index (χ0) is 28.2. The van der Waals surface area contributed by atoms with E-state index in [0.717, 1.165) is 39.1 Å². The van der Waals surface area contributed by atoms with E-state index in [2.05, 4.69) is 39.1 Å². The van der Waals surface area contributed by atoms with E-state index in [4.69, 9.17) is 10.5 Å². The molecule has 5 heterocycles. The quantitative estimate of drug-likeness (QED) is 0.236. The Kier molecular flexibility index (Phi) is 8.03. The van der Waals surface area contributed by atoms with Gasteiger partial charge in [0.1, 0.15) is 28.2 Å². The number of allylic oxidation sites excluding steroid dienone is 1. The molecule has 0 radical (unpaired) electrons. The zero-order valence-corrected chi connectivity index (χ0v) is 23.3. The van der Waals surface area contributed by atoms with Crippen LogP contribution in [0.3, 0.4) is 0 Å². The summed E-state index contributed by atoms with van der Waals surface area (Å²) in [6, 6.07) is 3.02. The van der Waals surface area contributed by atoms with E-state index in [0.29, 0.717) is 41.8 Å². The second kappa shape index (κ2) is 11.8. The first-order valence-electron chi connectivity index (χ1n) is 12.6. The maximum absolute atomic E-state index is 13.3. The van der Waals surface area contributed by atoms with Gasteiger partial charge in [-0.05, 0) is 31.1 Å². The Balaban J connectivity index is 1.25. The third kappa shape index (κ3) is 5.80. The van der Waals surface area contributed by atoms with Crippen molar-refractivity contribution in [2.45, 2.75) is 45.2 Å². The summed E-state index contributed by atoms with van der Waals surface area (Å²) in [6.07, 6.45) is 10.6. The minimum atomic E-state index is -0.727. The molecule has 206 valence electrons. The lowest BCUT2D eigenvalue weighted by Gasteiger charge is -2.15. The molecule has 4 aromatic rings. The summed E-state index contributed by atoms with van der Waals surface area (Å²) < 4.78 is 7.79. The Morgan fingerprint density at radius 1 is 1.23 bits per heavy atom. The first-order valence-corrected chi connectivity index (χ1v) is 14.3. The van der Waals surface area contributed by atoms with Crippen molar-refractivity contribution in [3.8, 4) is 0 Å². The lowest BCUT2D eigenvalue weighted by molar-refractivity contribution is -0.124. The molecule has 4 aromatic heterocycles. The summed E-state index contributed by atoms with van der Waals surface area (Å²) in [6.45, 7) is 6.21. The summed E-state index contributed by atoms with van der Waals surface area (Å²) >= 11 is 2.61. The number of rotatable bonds is 10. The summed E-state index contributed by atoms with van der Waals surface area (Å²) in [7, 11) is 0. The highest BCUT2D eigenvalue weighted by atomic mass is 32.1. The number of nitrogen functional groups attached to an aromatic ring is 1. The Morgan fingerprint density at radius 3 is 2.90 bits per heavy atom. The van der Waals surface area contributed by atoms with Gasteiger partial charge in [-0.1, -0.05) is 19.9 Å². The number of hydrogen-bond acceptors (Lipinski definition) is 10. The van der Waals surface area contributed by atoms with Crippen LogP contribution in [0.25, 0.3) is 15.8 Å². The van der Waals surface area contributed by atoms with Crippen LogP contribution in [0.15, 0.2) is 54.4 Å². The van der Waals surface area contributed by atoms with Crippen molar-refractivity contribution in [3.05, 3.63) is 80.6 Å². The van der Waals surface area contributed by atoms with Gasteiger partial charge in [-0.25, -0.2) is 15.0 Å². The van der Waals surface area contributed by atoms with Crippen LogP contribution in [-0.2, 0) is 22.5 Å². The molecule has 0 aliphatic carbocycles. The average Bonchev–Trinajstić information content (AvgIpc) is 3.69. The fourth-order valence-electron chi connectivity index (χ4n) is 4.23. The second-order valence-corrected chi connectivity index (χ2v) is 11.3. The van der Waals surface area contributed by atoms with Gasteiger partial charge in [0.15, 0.2) is 10.8 Å². The zero-order valence-electron chi connectivity index (χ0n) is 21.7. The van der Waals surface area contributed by atoms with Crippen molar-refractivity contribution in [3.63, 3.8) is 0 Å². The summed E-state index contributed by atoms with van der Waals surface area (Å²) in [5.41, 5.74) is 5.25. The number of nitrogens with two attached hydrogens (primary N) is 1. The molecule has 0 fully saturated rings. The van der Waals surface area contributed by atoms with Crippen LogP contribution in [-0.4, -0.2) is 31.3 Å². The molecule has 1 unspecified atom stereocenters. The number of aromatic nitrogens is 4. The van der Waals surface area contributed by atoms with E-state index in [1.165, 1.54) is 28.3 Å². The average molecular weight is 578 g/mol. The molecule has 5 rings (SSSR count). The first kappa shape index (κ1) is 27.2. The number of aryl methyl sites for hydroxylation is 1. The lowest BCUT2D eigenvalue weighted by atomic mass is 10.2. The monoisotopic (exact) mass is 577 g/mol. The molecule has 0 aromatic carbocycles. The number of thiophene rings is 1. The van der Waals surface area contributed by atoms with Crippen LogP contribution in [0.1, 0.15) is 57.6 Å². The number of amides is 2. The second-order valence-electron chi connectivity index (χ2n) is 9.08. The number of anilines is 2. The van der Waals surface area contributed by atoms with Gasteiger partial charge in [0.2, 0.25) is 5.91 Å². The Labute approximate surface area is 237 Å². The predicted molar refractivity (Wildman–Crippen MR) is 156 cm³/mol. The van der Waals surface area contributed by atoms with E-state index in [9.17, 15) is 14.4 Å². The number of unbranched alkanes of at least 4 members (excludes halogenated alkanes) is 1. The first-order chi connectivity index (χ1) is 19.3. The minimum absolute atomic E-state index is 0.0180. The van der Waals surface area contributed by atoms with E-state index in [1.54, 1.807) is 18.5 Å². The number of hydrogen-bond donors (Lipinski definition) is 3. The maximum Gasteiger partial charge on any atom is 0.278 e. The molecular weight excluding hydrogens is 550 g/mol. The smallest absolute Gasteiger partial charge is 0.278 e. The van der Waals surface area contributed by atoms with E-state index < -0.39 is 17.5 Å². The van der Waals surface area contributed by atoms with Gasteiger partial charge in [0.25, 0.3) is 11.5 Å². The summed E-state index contributed by atoms with van der Waals surface area (Å²) in [5.74, 6) is 0.446. The summed E-state index contributed by atoms with van der Waals surface area (Å²) in [4.78, 5) is 53.1. The van der Waals surface area contributed by atoms with Crippen molar-refractivity contribution in [1.82, 2.24) is 24.8 Å². The molecule has 2 amide bonds. The lowest BCUT2D eigenvalue weighted by Crippen LogP contribution is -2.36. The van der Waals surface area contributed by atoms with E-state index >= 15 is 0 Å². The van der Waals surface area contributed by atoms with Gasteiger partial charge < -0.3 is 21.1 Å². The number of ether oxygens (including phenoxy) is 1. The van der Waals surface area contributed by atoms with Crippen LogP contribution in [0, 0.1) is 0 Å². The molecule has 40 heavy (non-hydrogen) atoms. The van der Waals surface area contributed by atoms with Crippen molar-refractivity contribution >= 4 is 61.8 Å². The Hall–Kier alpha value is -4.36. The van der Waals surface area contributed by atoms with Crippen molar-refractivity contribution < 1.29 is 14.3 Å². The third-order valence-corrected chi connectivity index (χ3v) is 8.35.